The molecule has 2 aromatic carbocycles. The third kappa shape index (κ3) is 2.70. The average molecular weight is 297 g/mol. The van der Waals surface area contributed by atoms with Crippen LogP contribution in [-0.2, 0) is 6.42 Å². The van der Waals surface area contributed by atoms with Gasteiger partial charge in [0, 0.05) is 17.9 Å². The van der Waals surface area contributed by atoms with E-state index < -0.39 is 0 Å². The van der Waals surface area contributed by atoms with Crippen molar-refractivity contribution in [1.29, 1.82) is 0 Å². The van der Waals surface area contributed by atoms with Crippen LogP contribution in [0.15, 0.2) is 42.5 Å². The quantitative estimate of drug-likeness (QED) is 0.836. The lowest BCUT2D eigenvalue weighted by atomic mass is 10.0. The Morgan fingerprint density at radius 3 is 2.91 bits per heavy atom. The lowest BCUT2D eigenvalue weighted by Crippen LogP contribution is -2.38. The summed E-state index contributed by atoms with van der Waals surface area (Å²) in [6.45, 7) is 0.692. The van der Waals surface area contributed by atoms with E-state index in [1.165, 1.54) is 0 Å². The van der Waals surface area contributed by atoms with Gasteiger partial charge in [-0.05, 0) is 48.7 Å². The molecule has 0 unspecified atom stereocenters. The van der Waals surface area contributed by atoms with Crippen LogP contribution < -0.4 is 20.7 Å². The zero-order chi connectivity index (χ0) is 15.5. The summed E-state index contributed by atoms with van der Waals surface area (Å²) in [6.07, 6.45) is 1.87. The number of fused-ring (bicyclic) bond motifs is 1. The van der Waals surface area contributed by atoms with Crippen molar-refractivity contribution in [2.45, 2.75) is 12.8 Å². The van der Waals surface area contributed by atoms with Gasteiger partial charge >= 0.3 is 6.03 Å². The molecule has 3 N–H and O–H groups in total. The first-order chi connectivity index (χ1) is 10.7. The van der Waals surface area contributed by atoms with Gasteiger partial charge in [0.2, 0.25) is 0 Å². The Hall–Kier alpha value is -2.69. The molecule has 0 aliphatic carbocycles. The number of nitrogens with one attached hydrogen (secondary N) is 1. The summed E-state index contributed by atoms with van der Waals surface area (Å²) in [5.74, 6) is 0.644. The predicted molar refractivity (Wildman–Crippen MR) is 88.5 cm³/mol. The third-order valence-corrected chi connectivity index (χ3v) is 3.82. The number of ether oxygens (including phenoxy) is 1. The second kappa shape index (κ2) is 5.97. The molecular formula is C17H19N3O2. The minimum Gasteiger partial charge on any atom is -0.495 e. The number of para-hydroxylation sites is 2. The maximum Gasteiger partial charge on any atom is 0.326 e. The number of nitrogen functional groups attached to an aromatic ring is 1. The number of carbonyl (C=O) groups excluding carboxylic acids is 1. The van der Waals surface area contributed by atoms with Gasteiger partial charge in [-0.2, -0.15) is 0 Å². The van der Waals surface area contributed by atoms with E-state index in [9.17, 15) is 4.79 Å². The zero-order valence-electron chi connectivity index (χ0n) is 12.5. The largest absolute Gasteiger partial charge is 0.495 e. The van der Waals surface area contributed by atoms with Crippen molar-refractivity contribution in [3.63, 3.8) is 0 Å². The number of nitrogens with two attached hydrogens (primary N) is 1. The molecule has 2 aromatic rings. The number of amides is 2. The van der Waals surface area contributed by atoms with Gasteiger partial charge in [0.15, 0.2) is 0 Å². The second-order valence-electron chi connectivity index (χ2n) is 5.27. The van der Waals surface area contributed by atoms with E-state index in [0.29, 0.717) is 18.0 Å². The van der Waals surface area contributed by atoms with Crippen LogP contribution in [-0.4, -0.2) is 19.7 Å². The molecule has 114 valence electrons. The first kappa shape index (κ1) is 14.3. The Bertz CT molecular complexity index is 700. The molecule has 0 fully saturated rings. The second-order valence-corrected chi connectivity index (χ2v) is 5.27. The van der Waals surface area contributed by atoms with Crippen LogP contribution in [0.25, 0.3) is 0 Å². The van der Waals surface area contributed by atoms with Crippen molar-refractivity contribution in [3.8, 4) is 5.75 Å². The number of urea groups is 1. The van der Waals surface area contributed by atoms with Gasteiger partial charge in [-0.25, -0.2) is 4.79 Å². The molecule has 0 atom stereocenters. The van der Waals surface area contributed by atoms with Crippen LogP contribution in [0.3, 0.4) is 0 Å². The Morgan fingerprint density at radius 2 is 2.09 bits per heavy atom. The molecule has 5 nitrogen and oxygen atoms in total. The van der Waals surface area contributed by atoms with Crippen molar-refractivity contribution in [1.82, 2.24) is 0 Å². The van der Waals surface area contributed by atoms with Crippen LogP contribution in [0.2, 0.25) is 0 Å². The molecule has 22 heavy (non-hydrogen) atoms. The van der Waals surface area contributed by atoms with Crippen LogP contribution >= 0.6 is 0 Å². The van der Waals surface area contributed by atoms with Crippen LogP contribution in [0.4, 0.5) is 21.9 Å². The average Bonchev–Trinajstić information content (AvgIpc) is 2.54. The lowest BCUT2D eigenvalue weighted by Gasteiger charge is -2.30. The lowest BCUT2D eigenvalue weighted by molar-refractivity contribution is 0.256. The van der Waals surface area contributed by atoms with E-state index in [0.717, 1.165) is 29.8 Å². The van der Waals surface area contributed by atoms with Gasteiger partial charge in [0.25, 0.3) is 0 Å². The van der Waals surface area contributed by atoms with Crippen LogP contribution in [0.5, 0.6) is 5.75 Å². The number of methoxy groups -OCH3 is 1. The molecule has 5 heteroatoms. The number of benzene rings is 2. The highest BCUT2D eigenvalue weighted by molar-refractivity contribution is 6.03. The molecule has 0 radical (unpaired) electrons. The fourth-order valence-electron chi connectivity index (χ4n) is 2.76. The molecule has 1 aliphatic rings. The summed E-state index contributed by atoms with van der Waals surface area (Å²) >= 11 is 0. The number of nitrogens with zero attached hydrogens (tertiary/aromatic N) is 1. The van der Waals surface area contributed by atoms with Crippen molar-refractivity contribution in [3.05, 3.63) is 48.0 Å². The predicted octanol–water partition coefficient (Wildman–Crippen LogP) is 3.26. The van der Waals surface area contributed by atoms with Crippen LogP contribution in [0, 0.1) is 0 Å². The highest BCUT2D eigenvalue weighted by Crippen LogP contribution is 2.30. The summed E-state index contributed by atoms with van der Waals surface area (Å²) in [7, 11) is 1.59. The first-order valence-electron chi connectivity index (χ1n) is 7.29. The number of aryl methyl sites for hydroxylation is 1. The Morgan fingerprint density at radius 1 is 1.27 bits per heavy atom. The topological polar surface area (TPSA) is 67.6 Å². The normalized spacial score (nSPS) is 13.4. The third-order valence-electron chi connectivity index (χ3n) is 3.82. The summed E-state index contributed by atoms with van der Waals surface area (Å²) in [6, 6.07) is 12.9. The Kier molecular flexibility index (Phi) is 3.87. The number of anilines is 3. The van der Waals surface area contributed by atoms with Gasteiger partial charge < -0.3 is 15.8 Å². The molecule has 1 heterocycles. The number of rotatable bonds is 2. The van der Waals surface area contributed by atoms with Crippen molar-refractivity contribution >= 4 is 23.1 Å². The van der Waals surface area contributed by atoms with Crippen molar-refractivity contribution in [2.24, 2.45) is 0 Å². The van der Waals surface area contributed by atoms with Gasteiger partial charge in [0.1, 0.15) is 5.75 Å². The molecular weight excluding hydrogens is 278 g/mol. The van der Waals surface area contributed by atoms with Gasteiger partial charge in [-0.15, -0.1) is 0 Å². The van der Waals surface area contributed by atoms with Gasteiger partial charge in [-0.1, -0.05) is 12.1 Å². The van der Waals surface area contributed by atoms with E-state index in [4.69, 9.17) is 10.5 Å². The molecule has 0 saturated carbocycles. The summed E-state index contributed by atoms with van der Waals surface area (Å²) in [4.78, 5) is 14.4. The highest BCUT2D eigenvalue weighted by Gasteiger charge is 2.23. The Labute approximate surface area is 129 Å². The number of hydrogen-bond acceptors (Lipinski definition) is 3. The van der Waals surface area contributed by atoms with E-state index in [1.54, 1.807) is 12.0 Å². The minimum absolute atomic E-state index is 0.157. The fourth-order valence-corrected chi connectivity index (χ4v) is 2.76. The molecule has 2 amide bonds. The van der Waals surface area contributed by atoms with E-state index >= 15 is 0 Å². The summed E-state index contributed by atoms with van der Waals surface area (Å²) in [5, 5.41) is 2.92. The van der Waals surface area contributed by atoms with Gasteiger partial charge in [0.05, 0.1) is 12.8 Å². The van der Waals surface area contributed by atoms with Gasteiger partial charge in [-0.3, -0.25) is 4.90 Å². The molecule has 0 aromatic heterocycles. The minimum atomic E-state index is -0.157. The molecule has 0 saturated heterocycles. The van der Waals surface area contributed by atoms with Crippen molar-refractivity contribution < 1.29 is 9.53 Å². The molecule has 1 aliphatic heterocycles. The standard InChI is InChI=1S/C17H19N3O2/c1-22-16-7-3-2-6-14(16)19-17(21)20-10-4-5-12-11-13(18)8-9-15(12)20/h2-3,6-9,11H,4-5,10,18H2,1H3,(H,19,21). The number of hydrogen-bond donors (Lipinski definition) is 2. The van der Waals surface area contributed by atoms with E-state index in [2.05, 4.69) is 5.32 Å². The number of carbonyl (C=O) groups is 1. The first-order valence-corrected chi connectivity index (χ1v) is 7.29. The SMILES string of the molecule is COc1ccccc1NC(=O)N1CCCc2cc(N)ccc21. The summed E-state index contributed by atoms with van der Waals surface area (Å²) in [5.41, 5.74) is 9.26. The van der Waals surface area contributed by atoms with E-state index in [1.807, 2.05) is 42.5 Å². The fraction of sp³-hybridized carbons (Fsp3) is 0.235. The van der Waals surface area contributed by atoms with Crippen LogP contribution in [0.1, 0.15) is 12.0 Å². The maximum absolute atomic E-state index is 12.6. The molecule has 0 bridgehead atoms. The smallest absolute Gasteiger partial charge is 0.326 e. The molecule has 0 spiro atoms. The summed E-state index contributed by atoms with van der Waals surface area (Å²) < 4.78 is 5.27. The maximum atomic E-state index is 12.6. The highest BCUT2D eigenvalue weighted by atomic mass is 16.5. The van der Waals surface area contributed by atoms with E-state index in [-0.39, 0.29) is 6.03 Å². The zero-order valence-corrected chi connectivity index (χ0v) is 12.5. The van der Waals surface area contributed by atoms with Crippen molar-refractivity contribution in [2.75, 3.05) is 29.6 Å². The molecule has 3 rings (SSSR count). The monoisotopic (exact) mass is 297 g/mol. The Balaban J connectivity index is 1.85.